The van der Waals surface area contributed by atoms with E-state index in [0.717, 1.165) is 22.0 Å². The third kappa shape index (κ3) is 3.54. The third-order valence-electron chi connectivity index (χ3n) is 3.46. The van der Waals surface area contributed by atoms with Crippen LogP contribution in [0.5, 0.6) is 0 Å². The maximum absolute atomic E-state index is 6.27. The summed E-state index contributed by atoms with van der Waals surface area (Å²) in [7, 11) is 1.97. The lowest BCUT2D eigenvalue weighted by atomic mass is 9.96. The average molecular weight is 308 g/mol. The monoisotopic (exact) mass is 307 g/mol. The molecule has 0 saturated carbocycles. The summed E-state index contributed by atoms with van der Waals surface area (Å²) >= 11 is 12.5. The van der Waals surface area contributed by atoms with Crippen molar-refractivity contribution in [1.82, 2.24) is 5.32 Å². The summed E-state index contributed by atoms with van der Waals surface area (Å²) in [4.78, 5) is 0. The Hall–Kier alpha value is -1.02. The van der Waals surface area contributed by atoms with Crippen LogP contribution in [0.4, 0.5) is 0 Å². The first-order valence-electron chi connectivity index (χ1n) is 6.69. The Morgan fingerprint density at radius 3 is 2.05 bits per heavy atom. The molecule has 1 N–H and O–H groups in total. The largest absolute Gasteiger partial charge is 0.313 e. The van der Waals surface area contributed by atoms with Gasteiger partial charge in [-0.15, -0.1) is 0 Å². The van der Waals surface area contributed by atoms with Crippen LogP contribution < -0.4 is 5.32 Å². The molecule has 2 rings (SSSR count). The van der Waals surface area contributed by atoms with Gasteiger partial charge < -0.3 is 5.32 Å². The van der Waals surface area contributed by atoms with Crippen LogP contribution in [-0.2, 0) is 6.42 Å². The van der Waals surface area contributed by atoms with E-state index in [4.69, 9.17) is 23.2 Å². The molecule has 0 amide bonds. The number of halogens is 2. The van der Waals surface area contributed by atoms with E-state index in [2.05, 4.69) is 37.4 Å². The van der Waals surface area contributed by atoms with Crippen LogP contribution in [-0.4, -0.2) is 7.05 Å². The molecular formula is C17H19Cl2N. The molecular weight excluding hydrogens is 289 g/mol. The maximum Gasteiger partial charge on any atom is 0.0453 e. The minimum absolute atomic E-state index is 0.200. The van der Waals surface area contributed by atoms with E-state index in [1.165, 1.54) is 16.7 Å². The molecule has 2 aromatic rings. The van der Waals surface area contributed by atoms with Crippen molar-refractivity contribution in [3.8, 4) is 0 Å². The minimum Gasteiger partial charge on any atom is -0.313 e. The lowest BCUT2D eigenvalue weighted by molar-refractivity contribution is 0.591. The molecule has 0 spiro atoms. The number of benzene rings is 2. The number of hydrogen-bond donors (Lipinski definition) is 1. The lowest BCUT2D eigenvalue weighted by Crippen LogP contribution is -2.19. The van der Waals surface area contributed by atoms with Crippen molar-refractivity contribution >= 4 is 23.2 Å². The second-order valence-corrected chi connectivity index (χ2v) is 5.98. The molecule has 0 fully saturated rings. The summed E-state index contributed by atoms with van der Waals surface area (Å²) in [5, 5.41) is 4.81. The van der Waals surface area contributed by atoms with Gasteiger partial charge in [-0.25, -0.2) is 0 Å². The van der Waals surface area contributed by atoms with Crippen LogP contribution in [0, 0.1) is 13.8 Å². The Morgan fingerprint density at radius 2 is 1.55 bits per heavy atom. The molecule has 0 radical (unpaired) electrons. The van der Waals surface area contributed by atoms with Crippen LogP contribution in [0.1, 0.15) is 28.3 Å². The Balaban J connectivity index is 2.33. The van der Waals surface area contributed by atoms with E-state index in [1.807, 2.05) is 25.2 Å². The molecule has 0 aliphatic rings. The summed E-state index contributed by atoms with van der Waals surface area (Å²) in [5.41, 5.74) is 4.80. The lowest BCUT2D eigenvalue weighted by Gasteiger charge is -2.19. The predicted molar refractivity (Wildman–Crippen MR) is 87.9 cm³/mol. The molecule has 1 nitrogen and oxygen atoms in total. The topological polar surface area (TPSA) is 12.0 Å². The number of hydrogen-bond acceptors (Lipinski definition) is 1. The van der Waals surface area contributed by atoms with E-state index >= 15 is 0 Å². The van der Waals surface area contributed by atoms with Gasteiger partial charge in [0.05, 0.1) is 0 Å². The van der Waals surface area contributed by atoms with Gasteiger partial charge in [-0.2, -0.15) is 0 Å². The fraction of sp³-hybridized carbons (Fsp3) is 0.294. The minimum atomic E-state index is 0.200. The summed E-state index contributed by atoms with van der Waals surface area (Å²) in [6.07, 6.45) is 0.776. The van der Waals surface area contributed by atoms with Crippen molar-refractivity contribution in [2.75, 3.05) is 7.05 Å². The number of aryl methyl sites for hydroxylation is 2. The molecule has 3 heteroatoms. The molecule has 0 aliphatic carbocycles. The van der Waals surface area contributed by atoms with Gasteiger partial charge in [0.1, 0.15) is 0 Å². The number of nitrogens with one attached hydrogen (secondary N) is 1. The highest BCUT2D eigenvalue weighted by Gasteiger charge is 2.15. The van der Waals surface area contributed by atoms with Gasteiger partial charge in [-0.05, 0) is 50.6 Å². The molecule has 0 aromatic heterocycles. The van der Waals surface area contributed by atoms with Crippen LogP contribution in [0.2, 0.25) is 10.0 Å². The van der Waals surface area contributed by atoms with Crippen LogP contribution in [0.25, 0.3) is 0 Å². The van der Waals surface area contributed by atoms with Crippen molar-refractivity contribution in [3.05, 3.63) is 68.7 Å². The van der Waals surface area contributed by atoms with Gasteiger partial charge in [0, 0.05) is 16.1 Å². The second-order valence-electron chi connectivity index (χ2n) is 5.17. The highest BCUT2D eigenvalue weighted by molar-refractivity contribution is 6.36. The van der Waals surface area contributed by atoms with Gasteiger partial charge in [-0.1, -0.05) is 58.6 Å². The normalized spacial score (nSPS) is 12.4. The average Bonchev–Trinajstić information content (AvgIpc) is 2.37. The fourth-order valence-corrected chi connectivity index (χ4v) is 3.08. The van der Waals surface area contributed by atoms with E-state index < -0.39 is 0 Å². The molecule has 0 heterocycles. The zero-order valence-corrected chi connectivity index (χ0v) is 13.5. The van der Waals surface area contributed by atoms with Gasteiger partial charge in [0.15, 0.2) is 0 Å². The standard InChI is InChI=1S/C17H19Cl2N/c1-11-7-12(2)9-13(8-11)17(20-3)10-14-15(18)5-4-6-16(14)19/h4-9,17,20H,10H2,1-3H3. The molecule has 2 aromatic carbocycles. The van der Waals surface area contributed by atoms with E-state index in [1.54, 1.807) is 0 Å². The molecule has 1 unspecified atom stereocenters. The number of likely N-dealkylation sites (N-methyl/N-ethyl adjacent to an activating group) is 1. The fourth-order valence-electron chi connectivity index (χ4n) is 2.53. The van der Waals surface area contributed by atoms with Crippen molar-refractivity contribution < 1.29 is 0 Å². The zero-order chi connectivity index (χ0) is 14.7. The SMILES string of the molecule is CNC(Cc1c(Cl)cccc1Cl)c1cc(C)cc(C)c1. The predicted octanol–water partition coefficient (Wildman–Crippen LogP) is 5.11. The first-order chi connectivity index (χ1) is 9.51. The molecule has 0 aliphatic heterocycles. The highest BCUT2D eigenvalue weighted by atomic mass is 35.5. The molecule has 106 valence electrons. The summed E-state index contributed by atoms with van der Waals surface area (Å²) < 4.78 is 0. The molecule has 20 heavy (non-hydrogen) atoms. The first kappa shape index (κ1) is 15.4. The van der Waals surface area contributed by atoms with Crippen molar-refractivity contribution in [2.45, 2.75) is 26.3 Å². The molecule has 0 bridgehead atoms. The van der Waals surface area contributed by atoms with Crippen molar-refractivity contribution in [3.63, 3.8) is 0 Å². The maximum atomic E-state index is 6.27. The molecule has 0 saturated heterocycles. The quantitative estimate of drug-likeness (QED) is 0.827. The Kier molecular flexibility index (Phi) is 5.09. The van der Waals surface area contributed by atoms with Crippen molar-refractivity contribution in [1.29, 1.82) is 0 Å². The van der Waals surface area contributed by atoms with Gasteiger partial charge in [-0.3, -0.25) is 0 Å². The third-order valence-corrected chi connectivity index (χ3v) is 4.17. The van der Waals surface area contributed by atoms with Gasteiger partial charge in [0.25, 0.3) is 0 Å². The van der Waals surface area contributed by atoms with E-state index in [9.17, 15) is 0 Å². The Labute approximate surface area is 130 Å². The van der Waals surface area contributed by atoms with E-state index in [0.29, 0.717) is 0 Å². The molecule has 1 atom stereocenters. The zero-order valence-electron chi connectivity index (χ0n) is 12.0. The number of rotatable bonds is 4. The summed E-state index contributed by atoms with van der Waals surface area (Å²) in [6, 6.07) is 12.4. The van der Waals surface area contributed by atoms with Crippen molar-refractivity contribution in [2.24, 2.45) is 0 Å². The second kappa shape index (κ2) is 6.62. The van der Waals surface area contributed by atoms with Gasteiger partial charge >= 0.3 is 0 Å². The van der Waals surface area contributed by atoms with Crippen LogP contribution in [0.3, 0.4) is 0 Å². The Bertz CT molecular complexity index is 567. The van der Waals surface area contributed by atoms with E-state index in [-0.39, 0.29) is 6.04 Å². The van der Waals surface area contributed by atoms with Gasteiger partial charge in [0.2, 0.25) is 0 Å². The van der Waals surface area contributed by atoms with Crippen LogP contribution >= 0.6 is 23.2 Å². The highest BCUT2D eigenvalue weighted by Crippen LogP contribution is 2.29. The first-order valence-corrected chi connectivity index (χ1v) is 7.45. The Morgan fingerprint density at radius 1 is 1.00 bits per heavy atom. The summed E-state index contributed by atoms with van der Waals surface area (Å²) in [5.74, 6) is 0. The smallest absolute Gasteiger partial charge is 0.0453 e. The van der Waals surface area contributed by atoms with Crippen LogP contribution in [0.15, 0.2) is 36.4 Å². The summed E-state index contributed by atoms with van der Waals surface area (Å²) in [6.45, 7) is 4.23.